The van der Waals surface area contributed by atoms with Gasteiger partial charge in [0, 0.05) is 13.1 Å². The lowest BCUT2D eigenvalue weighted by molar-refractivity contribution is -0.149. The van der Waals surface area contributed by atoms with E-state index in [0.717, 1.165) is 5.56 Å². The van der Waals surface area contributed by atoms with Gasteiger partial charge in [-0.2, -0.15) is 0 Å². The summed E-state index contributed by atoms with van der Waals surface area (Å²) in [5.74, 6) is 0.340. The van der Waals surface area contributed by atoms with E-state index in [4.69, 9.17) is 21.1 Å². The first kappa shape index (κ1) is 19.6. The maximum absolute atomic E-state index is 11.5. The topological polar surface area (TPSA) is 67.8 Å². The van der Waals surface area contributed by atoms with Crippen molar-refractivity contribution in [3.63, 3.8) is 0 Å². The number of carboxylic acids is 1. The van der Waals surface area contributed by atoms with E-state index in [1.807, 2.05) is 26.8 Å². The lowest BCUT2D eigenvalue weighted by atomic mass is 9.82. The van der Waals surface area contributed by atoms with Gasteiger partial charge in [0.05, 0.1) is 24.2 Å². The van der Waals surface area contributed by atoms with Crippen molar-refractivity contribution in [2.24, 2.45) is 5.41 Å². The van der Waals surface area contributed by atoms with E-state index in [1.54, 1.807) is 13.2 Å². The normalized spacial score (nSPS) is 11.3. The van der Waals surface area contributed by atoms with Crippen molar-refractivity contribution in [3.8, 4) is 11.5 Å². The van der Waals surface area contributed by atoms with Crippen LogP contribution in [0, 0.1) is 5.41 Å². The summed E-state index contributed by atoms with van der Waals surface area (Å²) in [6.07, 6.45) is 1.17. The van der Waals surface area contributed by atoms with Gasteiger partial charge in [-0.25, -0.2) is 0 Å². The molecule has 0 saturated heterocycles. The fourth-order valence-electron chi connectivity index (χ4n) is 2.51. The summed E-state index contributed by atoms with van der Waals surface area (Å²) in [4.78, 5) is 11.5. The molecule has 23 heavy (non-hydrogen) atoms. The maximum atomic E-state index is 11.5. The van der Waals surface area contributed by atoms with Crippen LogP contribution in [0.1, 0.15) is 39.2 Å². The quantitative estimate of drug-likeness (QED) is 0.677. The molecule has 0 unspecified atom stereocenters. The van der Waals surface area contributed by atoms with E-state index >= 15 is 0 Å². The van der Waals surface area contributed by atoms with Crippen molar-refractivity contribution in [2.45, 2.75) is 40.2 Å². The third kappa shape index (κ3) is 4.75. The van der Waals surface area contributed by atoms with Crippen LogP contribution in [0.2, 0.25) is 5.02 Å². The average molecular weight is 344 g/mol. The molecule has 0 aliphatic heterocycles. The van der Waals surface area contributed by atoms with Gasteiger partial charge in [-0.05, 0) is 37.5 Å². The molecule has 130 valence electrons. The molecular weight excluding hydrogens is 318 g/mol. The first-order valence-electron chi connectivity index (χ1n) is 7.87. The van der Waals surface area contributed by atoms with Gasteiger partial charge in [0.2, 0.25) is 0 Å². The van der Waals surface area contributed by atoms with Crippen molar-refractivity contribution in [1.29, 1.82) is 0 Å². The fraction of sp³-hybridized carbons (Fsp3) is 0.588. The van der Waals surface area contributed by atoms with E-state index in [0.29, 0.717) is 49.1 Å². The maximum Gasteiger partial charge on any atom is 0.310 e. The summed E-state index contributed by atoms with van der Waals surface area (Å²) in [6, 6.07) is 3.66. The lowest BCUT2D eigenvalue weighted by Crippen LogP contribution is -2.40. The lowest BCUT2D eigenvalue weighted by Gasteiger charge is -2.27. The minimum Gasteiger partial charge on any atom is -0.491 e. The molecule has 0 radical (unpaired) electrons. The smallest absolute Gasteiger partial charge is 0.310 e. The standard InChI is InChI=1S/C17H26ClNO4/c1-5-17(6-2,16(20)21)11-19-10-12-8-13(18)15(22-4)14(9-12)23-7-3/h8-9,19H,5-7,10-11H2,1-4H3,(H,20,21). The summed E-state index contributed by atoms with van der Waals surface area (Å²) >= 11 is 6.22. The van der Waals surface area contributed by atoms with Gasteiger partial charge in [0.25, 0.3) is 0 Å². The molecule has 0 aliphatic carbocycles. The first-order valence-corrected chi connectivity index (χ1v) is 8.25. The van der Waals surface area contributed by atoms with Crippen molar-refractivity contribution in [3.05, 3.63) is 22.7 Å². The molecule has 0 saturated carbocycles. The molecule has 0 aliphatic rings. The molecule has 0 amide bonds. The molecule has 0 bridgehead atoms. The molecular formula is C17H26ClNO4. The first-order chi connectivity index (χ1) is 10.9. The monoisotopic (exact) mass is 343 g/mol. The minimum absolute atomic E-state index is 0.406. The number of rotatable bonds is 10. The summed E-state index contributed by atoms with van der Waals surface area (Å²) in [5.41, 5.74) is 0.185. The number of hydrogen-bond acceptors (Lipinski definition) is 4. The number of halogens is 1. The molecule has 1 aromatic rings. The van der Waals surface area contributed by atoms with Gasteiger partial charge < -0.3 is 19.9 Å². The summed E-state index contributed by atoms with van der Waals surface area (Å²) in [5, 5.41) is 13.2. The van der Waals surface area contributed by atoms with Crippen molar-refractivity contribution in [2.75, 3.05) is 20.3 Å². The highest BCUT2D eigenvalue weighted by Gasteiger charge is 2.34. The summed E-state index contributed by atoms with van der Waals surface area (Å²) in [7, 11) is 1.55. The van der Waals surface area contributed by atoms with Gasteiger partial charge in [-0.3, -0.25) is 4.79 Å². The van der Waals surface area contributed by atoms with Crippen LogP contribution in [0.3, 0.4) is 0 Å². The number of hydrogen-bond donors (Lipinski definition) is 2. The van der Waals surface area contributed by atoms with Crippen LogP contribution in [0.25, 0.3) is 0 Å². The Balaban J connectivity index is 2.84. The van der Waals surface area contributed by atoms with Crippen LogP contribution in [-0.2, 0) is 11.3 Å². The second kappa shape index (κ2) is 8.99. The van der Waals surface area contributed by atoms with E-state index in [9.17, 15) is 9.90 Å². The summed E-state index contributed by atoms with van der Waals surface area (Å²) < 4.78 is 10.8. The van der Waals surface area contributed by atoms with Crippen LogP contribution in [0.5, 0.6) is 11.5 Å². The number of carbonyl (C=O) groups is 1. The Labute approximate surface area is 142 Å². The van der Waals surface area contributed by atoms with Crippen LogP contribution in [-0.4, -0.2) is 31.3 Å². The Morgan fingerprint density at radius 3 is 2.43 bits per heavy atom. The van der Waals surface area contributed by atoms with Gasteiger partial charge >= 0.3 is 5.97 Å². The largest absolute Gasteiger partial charge is 0.491 e. The van der Waals surface area contributed by atoms with Gasteiger partial charge in [-0.15, -0.1) is 0 Å². The third-order valence-electron chi connectivity index (χ3n) is 4.17. The second-order valence-electron chi connectivity index (χ2n) is 5.44. The highest BCUT2D eigenvalue weighted by Crippen LogP contribution is 2.36. The van der Waals surface area contributed by atoms with Crippen LogP contribution in [0.4, 0.5) is 0 Å². The zero-order valence-corrected chi connectivity index (χ0v) is 15.0. The van der Waals surface area contributed by atoms with Gasteiger partial charge in [0.1, 0.15) is 0 Å². The number of aliphatic carboxylic acids is 1. The predicted molar refractivity (Wildman–Crippen MR) is 91.5 cm³/mol. The Morgan fingerprint density at radius 1 is 1.30 bits per heavy atom. The molecule has 0 aromatic heterocycles. The Bertz CT molecular complexity index is 530. The van der Waals surface area contributed by atoms with Crippen LogP contribution < -0.4 is 14.8 Å². The fourth-order valence-corrected chi connectivity index (χ4v) is 2.82. The molecule has 2 N–H and O–H groups in total. The number of methoxy groups -OCH3 is 1. The summed E-state index contributed by atoms with van der Waals surface area (Å²) in [6.45, 7) is 7.12. The molecule has 0 fully saturated rings. The van der Waals surface area contributed by atoms with E-state index in [2.05, 4.69) is 5.32 Å². The minimum atomic E-state index is -0.766. The number of carboxylic acid groups (broad SMARTS) is 1. The van der Waals surface area contributed by atoms with E-state index in [-0.39, 0.29) is 0 Å². The molecule has 6 heteroatoms. The Hall–Kier alpha value is -1.46. The molecule has 1 aromatic carbocycles. The Kier molecular flexibility index (Phi) is 7.65. The third-order valence-corrected chi connectivity index (χ3v) is 4.45. The highest BCUT2D eigenvalue weighted by atomic mass is 35.5. The molecule has 1 rings (SSSR count). The van der Waals surface area contributed by atoms with Crippen LogP contribution in [0.15, 0.2) is 12.1 Å². The van der Waals surface area contributed by atoms with E-state index in [1.165, 1.54) is 0 Å². The molecule has 0 spiro atoms. The van der Waals surface area contributed by atoms with Gasteiger partial charge in [-0.1, -0.05) is 25.4 Å². The number of benzene rings is 1. The molecule has 5 nitrogen and oxygen atoms in total. The Morgan fingerprint density at radius 2 is 1.96 bits per heavy atom. The second-order valence-corrected chi connectivity index (χ2v) is 5.85. The average Bonchev–Trinajstić information content (AvgIpc) is 2.52. The van der Waals surface area contributed by atoms with Crippen LogP contribution >= 0.6 is 11.6 Å². The van der Waals surface area contributed by atoms with E-state index < -0.39 is 11.4 Å². The molecule has 0 heterocycles. The molecule has 0 atom stereocenters. The zero-order chi connectivity index (χ0) is 17.5. The van der Waals surface area contributed by atoms with Crippen molar-refractivity contribution in [1.82, 2.24) is 5.32 Å². The SMILES string of the molecule is CCOc1cc(CNCC(CC)(CC)C(=O)O)cc(Cl)c1OC. The highest BCUT2D eigenvalue weighted by molar-refractivity contribution is 6.32. The number of ether oxygens (including phenoxy) is 2. The van der Waals surface area contributed by atoms with Crippen molar-refractivity contribution >= 4 is 17.6 Å². The number of nitrogens with one attached hydrogen (secondary N) is 1. The predicted octanol–water partition coefficient (Wildman–Crippen LogP) is 3.73. The van der Waals surface area contributed by atoms with Crippen molar-refractivity contribution < 1.29 is 19.4 Å². The van der Waals surface area contributed by atoms with Gasteiger partial charge in [0.15, 0.2) is 11.5 Å². The zero-order valence-electron chi connectivity index (χ0n) is 14.2.